The number of hydrogen-bond acceptors (Lipinski definition) is 5. The van der Waals surface area contributed by atoms with Gasteiger partial charge in [-0.25, -0.2) is 0 Å². The number of carbonyl (C=O) groups is 1. The van der Waals surface area contributed by atoms with Crippen molar-refractivity contribution in [3.63, 3.8) is 0 Å². The molecule has 0 bridgehead atoms. The summed E-state index contributed by atoms with van der Waals surface area (Å²) in [4.78, 5) is 11.5. The lowest BCUT2D eigenvalue weighted by molar-refractivity contribution is -0.147. The van der Waals surface area contributed by atoms with E-state index in [-0.39, 0.29) is 12.8 Å². The Bertz CT molecular complexity index is 471. The molecule has 2 rings (SSSR count). The molecule has 0 unspecified atom stereocenters. The number of ether oxygens (including phenoxy) is 3. The first-order valence-electron chi connectivity index (χ1n) is 6.25. The van der Waals surface area contributed by atoms with Crippen molar-refractivity contribution < 1.29 is 19.0 Å². The normalized spacial score (nSPS) is 13.4. The van der Waals surface area contributed by atoms with E-state index >= 15 is 0 Å². The molecule has 0 saturated heterocycles. The molecule has 1 aliphatic rings. The lowest BCUT2D eigenvalue weighted by atomic mass is 10.1. The van der Waals surface area contributed by atoms with Crippen molar-refractivity contribution in [1.82, 2.24) is 5.32 Å². The highest BCUT2D eigenvalue weighted by molar-refractivity contribution is 5.79. The average molecular weight is 265 g/mol. The monoisotopic (exact) mass is 265 g/mol. The summed E-state index contributed by atoms with van der Waals surface area (Å²) in [5.41, 5.74) is 0.461. The molecule has 5 heteroatoms. The highest BCUT2D eigenvalue weighted by Gasteiger charge is 2.27. The van der Waals surface area contributed by atoms with Crippen LogP contribution in [0.2, 0.25) is 0 Å². The Morgan fingerprint density at radius 3 is 2.84 bits per heavy atom. The molecule has 0 radical (unpaired) electrons. The number of nitrogens with one attached hydrogen (secondary N) is 1. The molecule has 0 spiro atoms. The van der Waals surface area contributed by atoms with E-state index in [1.807, 2.05) is 18.2 Å². The fourth-order valence-electron chi connectivity index (χ4n) is 1.94. The number of rotatable bonds is 5. The van der Waals surface area contributed by atoms with E-state index in [4.69, 9.17) is 14.2 Å². The Labute approximate surface area is 112 Å². The number of hydrogen-bond donors (Lipinski definition) is 1. The molecule has 1 aliphatic heterocycles. The molecule has 0 fully saturated rings. The second kappa shape index (κ2) is 5.48. The van der Waals surface area contributed by atoms with Gasteiger partial charge in [-0.2, -0.15) is 0 Å². The van der Waals surface area contributed by atoms with Crippen molar-refractivity contribution in [1.29, 1.82) is 0 Å². The average Bonchev–Trinajstić information content (AvgIpc) is 2.84. The van der Waals surface area contributed by atoms with Crippen LogP contribution in [0.25, 0.3) is 0 Å². The minimum atomic E-state index is -0.676. The first-order chi connectivity index (χ1) is 9.03. The van der Waals surface area contributed by atoms with Crippen LogP contribution in [0.5, 0.6) is 11.5 Å². The molecule has 0 aliphatic carbocycles. The molecule has 0 aromatic heterocycles. The number of carbonyl (C=O) groups excluding carboxylic acids is 1. The van der Waals surface area contributed by atoms with E-state index in [9.17, 15) is 4.79 Å². The minimum Gasteiger partial charge on any atom is -0.468 e. The van der Waals surface area contributed by atoms with E-state index in [1.165, 1.54) is 7.11 Å². The lowest BCUT2D eigenvalue weighted by Gasteiger charge is -2.23. The van der Waals surface area contributed by atoms with E-state index in [0.717, 1.165) is 23.5 Å². The third-order valence-electron chi connectivity index (χ3n) is 3.11. The maximum atomic E-state index is 11.5. The molecular weight excluding hydrogens is 246 g/mol. The van der Waals surface area contributed by atoms with Crippen LogP contribution in [-0.4, -0.2) is 32.0 Å². The molecule has 104 valence electrons. The first-order valence-corrected chi connectivity index (χ1v) is 6.25. The van der Waals surface area contributed by atoms with Crippen molar-refractivity contribution in [2.75, 3.05) is 20.4 Å². The van der Waals surface area contributed by atoms with Crippen LogP contribution >= 0.6 is 0 Å². The van der Waals surface area contributed by atoms with Crippen LogP contribution in [0.15, 0.2) is 18.2 Å². The third kappa shape index (κ3) is 3.17. The number of benzene rings is 1. The molecule has 1 aromatic rings. The predicted octanol–water partition coefficient (Wildman–Crippen LogP) is 1.50. The van der Waals surface area contributed by atoms with E-state index in [1.54, 1.807) is 13.8 Å². The molecule has 19 heavy (non-hydrogen) atoms. The molecular formula is C14H19NO4. The number of esters is 1. The van der Waals surface area contributed by atoms with Gasteiger partial charge >= 0.3 is 5.97 Å². The van der Waals surface area contributed by atoms with Gasteiger partial charge in [-0.3, -0.25) is 4.79 Å². The highest BCUT2D eigenvalue weighted by Crippen LogP contribution is 2.32. The maximum Gasteiger partial charge on any atom is 0.325 e. The zero-order valence-corrected chi connectivity index (χ0v) is 11.5. The molecule has 5 nitrogen and oxygen atoms in total. The standard InChI is InChI=1S/C14H19NO4/c1-14(2,13(16)17-3)15-7-6-10-4-5-11-12(8-10)19-9-18-11/h4-5,8,15H,6-7,9H2,1-3H3. The maximum absolute atomic E-state index is 11.5. The van der Waals surface area contributed by atoms with E-state index in [0.29, 0.717) is 6.54 Å². The van der Waals surface area contributed by atoms with Crippen molar-refractivity contribution in [3.8, 4) is 11.5 Å². The molecule has 0 atom stereocenters. The van der Waals surface area contributed by atoms with Gasteiger partial charge in [-0.1, -0.05) is 6.07 Å². The van der Waals surface area contributed by atoms with Crippen molar-refractivity contribution in [2.24, 2.45) is 0 Å². The van der Waals surface area contributed by atoms with Gasteiger partial charge in [-0.15, -0.1) is 0 Å². The summed E-state index contributed by atoms with van der Waals surface area (Å²) in [5, 5.41) is 3.18. The fraction of sp³-hybridized carbons (Fsp3) is 0.500. The first kappa shape index (κ1) is 13.7. The van der Waals surface area contributed by atoms with Crippen LogP contribution in [0.1, 0.15) is 19.4 Å². The zero-order chi connectivity index (χ0) is 13.9. The summed E-state index contributed by atoms with van der Waals surface area (Å²) < 4.78 is 15.3. The van der Waals surface area contributed by atoms with Gasteiger partial charge in [0.2, 0.25) is 6.79 Å². The fourth-order valence-corrected chi connectivity index (χ4v) is 1.94. The summed E-state index contributed by atoms with van der Waals surface area (Å²) in [5.74, 6) is 1.30. The SMILES string of the molecule is COC(=O)C(C)(C)NCCc1ccc2c(c1)OCO2. The van der Waals surface area contributed by atoms with Gasteiger partial charge in [0.25, 0.3) is 0 Å². The van der Waals surface area contributed by atoms with Gasteiger partial charge in [-0.05, 0) is 38.0 Å². The van der Waals surface area contributed by atoms with Crippen molar-refractivity contribution >= 4 is 5.97 Å². The Kier molecular flexibility index (Phi) is 3.95. The largest absolute Gasteiger partial charge is 0.468 e. The third-order valence-corrected chi connectivity index (χ3v) is 3.11. The lowest BCUT2D eigenvalue weighted by Crippen LogP contribution is -2.48. The van der Waals surface area contributed by atoms with E-state index < -0.39 is 5.54 Å². The minimum absolute atomic E-state index is 0.266. The summed E-state index contributed by atoms with van der Waals surface area (Å²) >= 11 is 0. The van der Waals surface area contributed by atoms with Crippen LogP contribution in [-0.2, 0) is 16.0 Å². The van der Waals surface area contributed by atoms with E-state index in [2.05, 4.69) is 5.32 Å². The Balaban J connectivity index is 1.88. The van der Waals surface area contributed by atoms with Gasteiger partial charge < -0.3 is 19.5 Å². The van der Waals surface area contributed by atoms with Crippen LogP contribution in [0, 0.1) is 0 Å². The highest BCUT2D eigenvalue weighted by atomic mass is 16.7. The second-order valence-electron chi connectivity index (χ2n) is 4.98. The summed E-state index contributed by atoms with van der Waals surface area (Å²) in [6.07, 6.45) is 0.803. The molecule has 1 N–H and O–H groups in total. The quantitative estimate of drug-likeness (QED) is 0.818. The summed E-state index contributed by atoms with van der Waals surface area (Å²) in [7, 11) is 1.39. The summed E-state index contributed by atoms with van der Waals surface area (Å²) in [6, 6.07) is 5.87. The molecule has 0 saturated carbocycles. The zero-order valence-electron chi connectivity index (χ0n) is 11.5. The van der Waals surface area contributed by atoms with Crippen molar-refractivity contribution in [2.45, 2.75) is 25.8 Å². The number of fused-ring (bicyclic) bond motifs is 1. The van der Waals surface area contributed by atoms with Crippen LogP contribution in [0.4, 0.5) is 0 Å². The molecule has 1 heterocycles. The Morgan fingerprint density at radius 1 is 1.37 bits per heavy atom. The van der Waals surface area contributed by atoms with Crippen LogP contribution < -0.4 is 14.8 Å². The van der Waals surface area contributed by atoms with Gasteiger partial charge in [0.15, 0.2) is 11.5 Å². The summed E-state index contributed by atoms with van der Waals surface area (Å²) in [6.45, 7) is 4.57. The number of methoxy groups -OCH3 is 1. The predicted molar refractivity (Wildman–Crippen MR) is 70.4 cm³/mol. The topological polar surface area (TPSA) is 56.8 Å². The second-order valence-corrected chi connectivity index (χ2v) is 4.98. The van der Waals surface area contributed by atoms with Crippen LogP contribution in [0.3, 0.4) is 0 Å². The molecule has 0 amide bonds. The van der Waals surface area contributed by atoms with Gasteiger partial charge in [0.05, 0.1) is 7.11 Å². The van der Waals surface area contributed by atoms with Crippen molar-refractivity contribution in [3.05, 3.63) is 23.8 Å². The van der Waals surface area contributed by atoms with Gasteiger partial charge in [0.1, 0.15) is 5.54 Å². The Hall–Kier alpha value is -1.75. The van der Waals surface area contributed by atoms with Gasteiger partial charge in [0, 0.05) is 6.54 Å². The Morgan fingerprint density at radius 2 is 2.11 bits per heavy atom. The molecule has 1 aromatic carbocycles. The smallest absolute Gasteiger partial charge is 0.325 e.